The van der Waals surface area contributed by atoms with Gasteiger partial charge in [-0.2, -0.15) is 24.5 Å². The van der Waals surface area contributed by atoms with E-state index in [1.807, 2.05) is 10.8 Å². The van der Waals surface area contributed by atoms with Crippen LogP contribution < -0.4 is 10.5 Å². The summed E-state index contributed by atoms with van der Waals surface area (Å²) in [7, 11) is 0. The Hall–Kier alpha value is -1.60. The average molecular weight is 317 g/mol. The lowest BCUT2D eigenvalue weighted by molar-refractivity contribution is -0.139. The third-order valence-electron chi connectivity index (χ3n) is 2.54. The Morgan fingerprint density at radius 1 is 1.30 bits per heavy atom. The van der Waals surface area contributed by atoms with E-state index in [1.165, 1.54) is 23.5 Å². The molecule has 2 nitrogen and oxygen atoms in total. The Kier molecular flexibility index (Phi) is 4.29. The zero-order valence-corrected chi connectivity index (χ0v) is 11.7. The fourth-order valence-corrected chi connectivity index (χ4v) is 2.35. The highest BCUT2D eigenvalue weighted by Crippen LogP contribution is 2.37. The van der Waals surface area contributed by atoms with Gasteiger partial charge in [0, 0.05) is 5.56 Å². The van der Waals surface area contributed by atoms with Gasteiger partial charge in [0.25, 0.3) is 0 Å². The standard InChI is InChI=1S/C13H10F3NOS2/c14-13(15,16)10-5-9(12(17)19)1-2-11(10)18-6-8-3-4-20-7-8/h1-5,7H,6H2,(H2,17,19). The molecule has 0 atom stereocenters. The number of rotatable bonds is 4. The molecule has 0 radical (unpaired) electrons. The van der Waals surface area contributed by atoms with Crippen molar-refractivity contribution in [1.82, 2.24) is 0 Å². The Morgan fingerprint density at radius 2 is 2.05 bits per heavy atom. The van der Waals surface area contributed by atoms with E-state index < -0.39 is 11.7 Å². The molecule has 0 bridgehead atoms. The maximum atomic E-state index is 13.0. The van der Waals surface area contributed by atoms with Crippen LogP contribution >= 0.6 is 23.6 Å². The molecule has 2 N–H and O–H groups in total. The zero-order valence-electron chi connectivity index (χ0n) is 10.1. The lowest BCUT2D eigenvalue weighted by Crippen LogP contribution is -2.14. The van der Waals surface area contributed by atoms with Crippen molar-refractivity contribution in [2.75, 3.05) is 0 Å². The summed E-state index contributed by atoms with van der Waals surface area (Å²) in [6, 6.07) is 5.36. The first-order chi connectivity index (χ1) is 9.38. The number of halogens is 3. The molecule has 1 heterocycles. The fraction of sp³-hybridized carbons (Fsp3) is 0.154. The van der Waals surface area contributed by atoms with Crippen LogP contribution in [-0.4, -0.2) is 4.99 Å². The molecule has 2 aromatic rings. The van der Waals surface area contributed by atoms with Gasteiger partial charge in [0.2, 0.25) is 0 Å². The summed E-state index contributed by atoms with van der Waals surface area (Å²) in [6.07, 6.45) is -4.52. The van der Waals surface area contributed by atoms with Crippen LogP contribution in [0, 0.1) is 0 Å². The van der Waals surface area contributed by atoms with Crippen LogP contribution in [0.4, 0.5) is 13.2 Å². The molecule has 2 rings (SSSR count). The minimum absolute atomic E-state index is 0.0823. The van der Waals surface area contributed by atoms with Crippen molar-refractivity contribution < 1.29 is 17.9 Å². The van der Waals surface area contributed by atoms with E-state index in [9.17, 15) is 13.2 Å². The second-order valence-corrected chi connectivity index (χ2v) is 5.21. The van der Waals surface area contributed by atoms with Crippen molar-refractivity contribution >= 4 is 28.5 Å². The van der Waals surface area contributed by atoms with Crippen LogP contribution in [0.15, 0.2) is 35.0 Å². The molecule has 0 aliphatic heterocycles. The van der Waals surface area contributed by atoms with E-state index in [0.717, 1.165) is 11.6 Å². The molecule has 0 fully saturated rings. The minimum Gasteiger partial charge on any atom is -0.488 e. The molecule has 0 spiro atoms. The van der Waals surface area contributed by atoms with Crippen molar-refractivity contribution in [2.45, 2.75) is 12.8 Å². The lowest BCUT2D eigenvalue weighted by Gasteiger charge is -2.14. The molecule has 0 saturated carbocycles. The molecule has 1 aromatic heterocycles. The molecule has 0 aliphatic rings. The van der Waals surface area contributed by atoms with Crippen LogP contribution in [0.5, 0.6) is 5.75 Å². The van der Waals surface area contributed by atoms with E-state index in [4.69, 9.17) is 10.5 Å². The van der Waals surface area contributed by atoms with Crippen LogP contribution in [0.1, 0.15) is 16.7 Å². The minimum atomic E-state index is -4.52. The van der Waals surface area contributed by atoms with Gasteiger partial charge >= 0.3 is 6.18 Å². The summed E-state index contributed by atoms with van der Waals surface area (Å²) in [5, 5.41) is 3.65. The number of hydrogen-bond acceptors (Lipinski definition) is 3. The van der Waals surface area contributed by atoms with Crippen LogP contribution in [0.25, 0.3) is 0 Å². The molecule has 20 heavy (non-hydrogen) atoms. The summed E-state index contributed by atoms with van der Waals surface area (Å²) < 4.78 is 44.2. The maximum Gasteiger partial charge on any atom is 0.419 e. The summed E-state index contributed by atoms with van der Waals surface area (Å²) >= 11 is 6.14. The van der Waals surface area contributed by atoms with Gasteiger partial charge in [0.1, 0.15) is 17.3 Å². The first-order valence-electron chi connectivity index (χ1n) is 5.53. The van der Waals surface area contributed by atoms with Gasteiger partial charge in [-0.25, -0.2) is 0 Å². The maximum absolute atomic E-state index is 13.0. The van der Waals surface area contributed by atoms with Crippen molar-refractivity contribution in [3.8, 4) is 5.75 Å². The van der Waals surface area contributed by atoms with Gasteiger partial charge in [0.15, 0.2) is 0 Å². The summed E-state index contributed by atoms with van der Waals surface area (Å²) in [4.78, 5) is -0.0834. The fourth-order valence-electron chi connectivity index (χ4n) is 1.57. The highest BCUT2D eigenvalue weighted by atomic mass is 32.1. The normalized spacial score (nSPS) is 11.3. The first kappa shape index (κ1) is 14.8. The number of thiocarbonyl (C=S) groups is 1. The number of ether oxygens (including phenoxy) is 1. The number of nitrogens with two attached hydrogens (primary N) is 1. The van der Waals surface area contributed by atoms with Crippen molar-refractivity contribution in [3.63, 3.8) is 0 Å². The quantitative estimate of drug-likeness (QED) is 0.866. The Morgan fingerprint density at radius 3 is 2.60 bits per heavy atom. The number of thiophene rings is 1. The van der Waals surface area contributed by atoms with Gasteiger partial charge in [-0.15, -0.1) is 0 Å². The predicted octanol–water partition coefficient (Wildman–Crippen LogP) is 3.98. The van der Waals surface area contributed by atoms with Crippen LogP contribution in [-0.2, 0) is 12.8 Å². The van der Waals surface area contributed by atoms with E-state index in [1.54, 1.807) is 6.07 Å². The van der Waals surface area contributed by atoms with Gasteiger partial charge in [-0.1, -0.05) is 12.2 Å². The third-order valence-corrected chi connectivity index (χ3v) is 3.51. The Labute approximate surface area is 123 Å². The van der Waals surface area contributed by atoms with Gasteiger partial charge in [-0.3, -0.25) is 0 Å². The van der Waals surface area contributed by atoms with Crippen LogP contribution in [0.2, 0.25) is 0 Å². The number of alkyl halides is 3. The van der Waals surface area contributed by atoms with Crippen LogP contribution in [0.3, 0.4) is 0 Å². The second kappa shape index (κ2) is 5.80. The number of benzene rings is 1. The number of hydrogen-bond donors (Lipinski definition) is 1. The SMILES string of the molecule is NC(=S)c1ccc(OCc2ccsc2)c(C(F)(F)F)c1. The topological polar surface area (TPSA) is 35.2 Å². The van der Waals surface area contributed by atoms with Crippen molar-refractivity contribution in [1.29, 1.82) is 0 Å². The monoisotopic (exact) mass is 317 g/mol. The molecular formula is C13H10F3NOS2. The van der Waals surface area contributed by atoms with Gasteiger partial charge in [-0.05, 0) is 40.6 Å². The van der Waals surface area contributed by atoms with E-state index >= 15 is 0 Å². The van der Waals surface area contributed by atoms with Crippen molar-refractivity contribution in [2.24, 2.45) is 5.73 Å². The van der Waals surface area contributed by atoms with E-state index in [-0.39, 0.29) is 22.9 Å². The average Bonchev–Trinajstić information content (AvgIpc) is 2.88. The molecule has 1 aromatic carbocycles. The summed E-state index contributed by atoms with van der Waals surface area (Å²) in [5.74, 6) is -0.233. The van der Waals surface area contributed by atoms with E-state index in [0.29, 0.717) is 0 Å². The molecule has 0 aliphatic carbocycles. The summed E-state index contributed by atoms with van der Waals surface area (Å²) in [5.41, 5.74) is 5.46. The molecule has 0 unspecified atom stereocenters. The predicted molar refractivity (Wildman–Crippen MR) is 76.0 cm³/mol. The van der Waals surface area contributed by atoms with E-state index in [2.05, 4.69) is 12.2 Å². The highest BCUT2D eigenvalue weighted by molar-refractivity contribution is 7.80. The smallest absolute Gasteiger partial charge is 0.419 e. The Bertz CT molecular complexity index is 609. The summed E-state index contributed by atoms with van der Waals surface area (Å²) in [6.45, 7) is 0.0823. The third kappa shape index (κ3) is 3.49. The zero-order chi connectivity index (χ0) is 14.8. The lowest BCUT2D eigenvalue weighted by atomic mass is 10.1. The molecule has 0 saturated heterocycles. The molecule has 0 amide bonds. The first-order valence-corrected chi connectivity index (χ1v) is 6.88. The second-order valence-electron chi connectivity index (χ2n) is 3.99. The molecular weight excluding hydrogens is 307 g/mol. The van der Waals surface area contributed by atoms with Crippen molar-refractivity contribution in [3.05, 3.63) is 51.7 Å². The molecule has 106 valence electrons. The highest BCUT2D eigenvalue weighted by Gasteiger charge is 2.34. The van der Waals surface area contributed by atoms with Gasteiger partial charge in [0.05, 0.1) is 5.56 Å². The Balaban J connectivity index is 2.29. The largest absolute Gasteiger partial charge is 0.488 e. The van der Waals surface area contributed by atoms with Gasteiger partial charge < -0.3 is 10.5 Å². The molecule has 7 heteroatoms.